The third-order valence-corrected chi connectivity index (χ3v) is 5.22. The summed E-state index contributed by atoms with van der Waals surface area (Å²) in [5.74, 6) is -5.20. The quantitative estimate of drug-likeness (QED) is 0.128. The minimum Gasteiger partial charge on any atom is -0.504 e. The van der Waals surface area contributed by atoms with E-state index in [-0.39, 0.29) is 16.9 Å². The van der Waals surface area contributed by atoms with Gasteiger partial charge in [0.15, 0.2) is 40.8 Å². The number of esters is 1. The molecule has 0 aliphatic carbocycles. The number of carbonyl (C=O) groups excluding carboxylic acids is 1. The summed E-state index contributed by atoms with van der Waals surface area (Å²) in [7, 11) is 0. The number of phenolic OH excluding ortho intramolecular Hbond substituents is 4. The highest BCUT2D eigenvalue weighted by Crippen LogP contribution is 2.42. The molecule has 0 saturated carbocycles. The molecule has 3 aromatic rings. The van der Waals surface area contributed by atoms with Crippen molar-refractivity contribution in [2.75, 3.05) is 0 Å². The van der Waals surface area contributed by atoms with E-state index in [0.717, 1.165) is 24.3 Å². The van der Waals surface area contributed by atoms with Crippen LogP contribution >= 0.6 is 0 Å². The van der Waals surface area contributed by atoms with Crippen LogP contribution in [0.1, 0.15) is 0 Å². The molecule has 1 unspecified atom stereocenters. The van der Waals surface area contributed by atoms with E-state index in [2.05, 4.69) is 0 Å². The topological polar surface area (TPSA) is 228 Å². The van der Waals surface area contributed by atoms with E-state index in [4.69, 9.17) is 13.9 Å². The zero-order valence-electron chi connectivity index (χ0n) is 16.9. The molecule has 13 nitrogen and oxygen atoms in total. The number of aliphatic hydroxyl groups is 4. The number of rotatable bonds is 3. The van der Waals surface area contributed by atoms with Crippen LogP contribution < -0.4 is 10.2 Å². The number of benzene rings is 2. The second kappa shape index (κ2) is 8.48. The first-order chi connectivity index (χ1) is 16.0. The summed E-state index contributed by atoms with van der Waals surface area (Å²) in [5, 5.41) is 77.9. The first-order valence-corrected chi connectivity index (χ1v) is 9.64. The van der Waals surface area contributed by atoms with E-state index >= 15 is 0 Å². The van der Waals surface area contributed by atoms with Gasteiger partial charge in [0.1, 0.15) is 35.0 Å². The van der Waals surface area contributed by atoms with Gasteiger partial charge in [0.25, 0.3) is 0 Å². The molecule has 180 valence electrons. The molecular weight excluding hydrogens is 460 g/mol. The molecule has 13 heteroatoms. The second-order valence-corrected chi connectivity index (χ2v) is 7.46. The maximum Gasteiger partial charge on any atom is 0.343 e. The average Bonchev–Trinajstić information content (AvgIpc) is 2.79. The third kappa shape index (κ3) is 3.87. The van der Waals surface area contributed by atoms with Crippen LogP contribution in [-0.2, 0) is 9.53 Å². The van der Waals surface area contributed by atoms with Gasteiger partial charge < -0.3 is 54.7 Å². The van der Waals surface area contributed by atoms with Crippen molar-refractivity contribution in [3.8, 4) is 40.1 Å². The van der Waals surface area contributed by atoms with Gasteiger partial charge in [0.05, 0.1) is 0 Å². The minimum absolute atomic E-state index is 0.110. The van der Waals surface area contributed by atoms with Crippen molar-refractivity contribution in [2.24, 2.45) is 0 Å². The number of aliphatic hydroxyl groups excluding tert-OH is 4. The molecular formula is C21H18O13. The van der Waals surface area contributed by atoms with Crippen LogP contribution in [-0.4, -0.2) is 77.5 Å². The predicted molar refractivity (Wildman–Crippen MR) is 109 cm³/mol. The molecule has 1 saturated heterocycles. The van der Waals surface area contributed by atoms with Gasteiger partial charge in [-0.3, -0.25) is 4.79 Å². The molecule has 1 aromatic heterocycles. The molecule has 1 fully saturated rings. The number of aromatic hydroxyl groups is 4. The van der Waals surface area contributed by atoms with E-state index in [0.29, 0.717) is 0 Å². The summed E-state index contributed by atoms with van der Waals surface area (Å²) >= 11 is 0. The molecule has 0 bridgehead atoms. The van der Waals surface area contributed by atoms with Crippen LogP contribution in [0.3, 0.4) is 0 Å². The number of hydrogen-bond acceptors (Lipinski definition) is 13. The number of phenols is 4. The van der Waals surface area contributed by atoms with Gasteiger partial charge in [-0.2, -0.15) is 0 Å². The molecule has 1 aliphatic rings. The number of ether oxygens (including phenoxy) is 2. The van der Waals surface area contributed by atoms with Crippen LogP contribution in [0.2, 0.25) is 0 Å². The average molecular weight is 478 g/mol. The molecule has 4 rings (SSSR count). The highest BCUT2D eigenvalue weighted by Gasteiger charge is 2.47. The van der Waals surface area contributed by atoms with Crippen molar-refractivity contribution in [1.82, 2.24) is 0 Å². The van der Waals surface area contributed by atoms with E-state index in [9.17, 15) is 50.4 Å². The fourth-order valence-corrected chi connectivity index (χ4v) is 3.39. The lowest BCUT2D eigenvalue weighted by atomic mass is 9.99. The van der Waals surface area contributed by atoms with Crippen molar-refractivity contribution in [1.29, 1.82) is 0 Å². The fraction of sp³-hybridized carbons (Fsp3) is 0.238. The van der Waals surface area contributed by atoms with Gasteiger partial charge in [-0.1, -0.05) is 0 Å². The van der Waals surface area contributed by atoms with Crippen molar-refractivity contribution in [3.63, 3.8) is 0 Å². The minimum atomic E-state index is -2.03. The Balaban J connectivity index is 1.73. The Morgan fingerprint density at radius 2 is 1.56 bits per heavy atom. The molecule has 2 heterocycles. The smallest absolute Gasteiger partial charge is 0.343 e. The van der Waals surface area contributed by atoms with Crippen molar-refractivity contribution < 1.29 is 59.5 Å². The van der Waals surface area contributed by atoms with Gasteiger partial charge >= 0.3 is 5.97 Å². The van der Waals surface area contributed by atoms with Crippen LogP contribution in [0.25, 0.3) is 22.3 Å². The van der Waals surface area contributed by atoms with Gasteiger partial charge in [-0.15, -0.1) is 0 Å². The first kappa shape index (κ1) is 23.3. The monoisotopic (exact) mass is 478 g/mol. The molecule has 8 N–H and O–H groups in total. The summed E-state index contributed by atoms with van der Waals surface area (Å²) in [6.07, 6.45) is -9.87. The predicted octanol–water partition coefficient (Wildman–Crippen LogP) is -1.01. The zero-order chi connectivity index (χ0) is 24.9. The Morgan fingerprint density at radius 3 is 2.24 bits per heavy atom. The largest absolute Gasteiger partial charge is 0.504 e. The molecule has 2 aromatic carbocycles. The fourth-order valence-electron chi connectivity index (χ4n) is 3.39. The maximum absolute atomic E-state index is 12.5. The van der Waals surface area contributed by atoms with Gasteiger partial charge in [0.2, 0.25) is 5.75 Å². The molecule has 1 aliphatic heterocycles. The van der Waals surface area contributed by atoms with Gasteiger partial charge in [-0.05, 0) is 18.2 Å². The normalized spacial score (nSPS) is 24.8. The van der Waals surface area contributed by atoms with Crippen LogP contribution in [0.5, 0.6) is 28.7 Å². The van der Waals surface area contributed by atoms with Crippen molar-refractivity contribution in [3.05, 3.63) is 40.6 Å². The number of carbonyl (C=O) groups is 1. The summed E-state index contributed by atoms with van der Waals surface area (Å²) in [6, 6.07) is 5.41. The van der Waals surface area contributed by atoms with Gasteiger partial charge in [-0.25, -0.2) is 4.79 Å². The van der Waals surface area contributed by atoms with Crippen LogP contribution in [0.15, 0.2) is 39.5 Å². The Morgan fingerprint density at radius 1 is 0.853 bits per heavy atom. The van der Waals surface area contributed by atoms with E-state index in [1.165, 1.54) is 6.07 Å². The second-order valence-electron chi connectivity index (χ2n) is 7.46. The number of hydrogen-bond donors (Lipinski definition) is 8. The summed E-state index contributed by atoms with van der Waals surface area (Å²) < 4.78 is 15.2. The highest BCUT2D eigenvalue weighted by atomic mass is 16.7. The van der Waals surface area contributed by atoms with Crippen molar-refractivity contribution >= 4 is 16.9 Å². The van der Waals surface area contributed by atoms with Crippen molar-refractivity contribution in [2.45, 2.75) is 30.7 Å². The SMILES string of the molecule is O=C(Oc1cc2oc(-c3ccc(O)c(O)c3)cc(=O)c2c(O)c1O)[C@H]1OC(O)[C@H](O)[C@@H](O)[C@@H]1O. The number of fused-ring (bicyclic) bond motifs is 1. The highest BCUT2D eigenvalue weighted by molar-refractivity contribution is 5.91. The molecule has 5 atom stereocenters. The van der Waals surface area contributed by atoms with E-state index in [1.54, 1.807) is 0 Å². The lowest BCUT2D eigenvalue weighted by Gasteiger charge is -2.36. The van der Waals surface area contributed by atoms with Crippen LogP contribution in [0.4, 0.5) is 0 Å². The van der Waals surface area contributed by atoms with Gasteiger partial charge in [0, 0.05) is 17.7 Å². The maximum atomic E-state index is 12.5. The summed E-state index contributed by atoms with van der Waals surface area (Å²) in [4.78, 5) is 25.0. The summed E-state index contributed by atoms with van der Waals surface area (Å²) in [5.41, 5.74) is -0.991. The standard InChI is InChI=1S/C21H18O13/c22-7-2-1-6(3-8(7)23)10-4-9(24)13-11(32-10)5-12(14(25)15(13)26)33-21(31)19-17(28)16(27)18(29)20(30)34-19/h1-5,16-20,22-23,25-30H/t16-,17-,18+,19-,20?/m0/s1. The summed E-state index contributed by atoms with van der Waals surface area (Å²) in [6.45, 7) is 0. The zero-order valence-corrected chi connectivity index (χ0v) is 16.9. The van der Waals surface area contributed by atoms with Crippen LogP contribution in [0, 0.1) is 0 Å². The van der Waals surface area contributed by atoms with E-state index < -0.39 is 76.2 Å². The Labute approximate surface area is 188 Å². The molecule has 0 spiro atoms. The first-order valence-electron chi connectivity index (χ1n) is 9.64. The van der Waals surface area contributed by atoms with E-state index in [1.807, 2.05) is 0 Å². The molecule has 34 heavy (non-hydrogen) atoms. The lowest BCUT2D eigenvalue weighted by Crippen LogP contribution is -2.60. The lowest BCUT2D eigenvalue weighted by molar-refractivity contribution is -0.279. The molecule has 0 amide bonds. The Kier molecular flexibility index (Phi) is 5.80. The third-order valence-electron chi connectivity index (χ3n) is 5.22. The Bertz CT molecular complexity index is 1330. The Hall–Kier alpha value is -3.88. The molecule has 0 radical (unpaired) electrons.